The van der Waals surface area contributed by atoms with E-state index in [0.29, 0.717) is 6.04 Å². The molecule has 0 saturated carbocycles. The third kappa shape index (κ3) is 5.98. The highest BCUT2D eigenvalue weighted by atomic mass is 127. The minimum absolute atomic E-state index is 0. The Balaban J connectivity index is 0.00000220. The van der Waals surface area contributed by atoms with Crippen LogP contribution in [0, 0.1) is 0 Å². The number of aromatic nitrogens is 1. The first-order valence-electron chi connectivity index (χ1n) is 7.35. The van der Waals surface area contributed by atoms with Gasteiger partial charge in [-0.15, -0.1) is 35.3 Å². The summed E-state index contributed by atoms with van der Waals surface area (Å²) >= 11 is 1.76. The van der Waals surface area contributed by atoms with Gasteiger partial charge in [-0.2, -0.15) is 0 Å². The van der Waals surface area contributed by atoms with Crippen LogP contribution < -0.4 is 15.5 Å². The Kier molecular flexibility index (Phi) is 8.31. The van der Waals surface area contributed by atoms with Crippen molar-refractivity contribution in [3.8, 4) is 0 Å². The molecule has 1 aliphatic heterocycles. The molecule has 0 atom stereocenters. The van der Waals surface area contributed by atoms with Gasteiger partial charge in [-0.05, 0) is 26.7 Å². The van der Waals surface area contributed by atoms with Crippen LogP contribution in [0.15, 0.2) is 10.4 Å². The van der Waals surface area contributed by atoms with Gasteiger partial charge in [0, 0.05) is 44.5 Å². The molecule has 1 fully saturated rings. The first-order chi connectivity index (χ1) is 9.69. The maximum Gasteiger partial charge on any atom is 0.191 e. The topological polar surface area (TPSA) is 52.6 Å². The smallest absolute Gasteiger partial charge is 0.191 e. The van der Waals surface area contributed by atoms with Crippen molar-refractivity contribution >= 4 is 46.4 Å². The Morgan fingerprint density at radius 1 is 1.43 bits per heavy atom. The summed E-state index contributed by atoms with van der Waals surface area (Å²) in [5, 5.41) is 9.95. The molecular formula is C14H26IN5S. The average Bonchev–Trinajstić information content (AvgIpc) is 3.07. The van der Waals surface area contributed by atoms with E-state index in [4.69, 9.17) is 4.98 Å². The predicted octanol–water partition coefficient (Wildman–Crippen LogP) is 2.48. The lowest BCUT2D eigenvalue weighted by atomic mass is 10.3. The highest BCUT2D eigenvalue weighted by Gasteiger charge is 2.15. The Labute approximate surface area is 148 Å². The van der Waals surface area contributed by atoms with Gasteiger partial charge >= 0.3 is 0 Å². The monoisotopic (exact) mass is 423 g/mol. The second kappa shape index (κ2) is 9.45. The fraction of sp³-hybridized carbons (Fsp3) is 0.714. The van der Waals surface area contributed by atoms with Crippen LogP contribution in [0.4, 0.5) is 5.13 Å². The van der Waals surface area contributed by atoms with Crippen molar-refractivity contribution in [3.05, 3.63) is 11.1 Å². The van der Waals surface area contributed by atoms with Gasteiger partial charge in [-0.3, -0.25) is 4.99 Å². The fourth-order valence-corrected chi connectivity index (χ4v) is 3.16. The standard InChI is InChI=1S/C14H25N5S.HI/c1-11(2)17-13(15-3)16-7-6-12-10-20-14(18-12)19-8-4-5-9-19;/h10-11H,4-9H2,1-3H3,(H2,15,16,17);1H. The van der Waals surface area contributed by atoms with Gasteiger partial charge in [0.15, 0.2) is 11.1 Å². The second-order valence-electron chi connectivity index (χ2n) is 5.36. The normalized spacial score (nSPS) is 15.2. The molecule has 2 heterocycles. The number of thiazole rings is 1. The molecule has 1 saturated heterocycles. The van der Waals surface area contributed by atoms with E-state index in [1.807, 2.05) is 0 Å². The molecule has 0 aliphatic carbocycles. The van der Waals surface area contributed by atoms with Gasteiger partial charge in [-0.25, -0.2) is 4.98 Å². The molecule has 2 N–H and O–H groups in total. The van der Waals surface area contributed by atoms with Gasteiger partial charge in [0.05, 0.1) is 5.69 Å². The van der Waals surface area contributed by atoms with Crippen molar-refractivity contribution in [1.29, 1.82) is 0 Å². The van der Waals surface area contributed by atoms with E-state index in [0.717, 1.165) is 32.0 Å². The average molecular weight is 423 g/mol. The van der Waals surface area contributed by atoms with Crippen molar-refractivity contribution in [1.82, 2.24) is 15.6 Å². The number of aliphatic imine (C=N–C) groups is 1. The van der Waals surface area contributed by atoms with Crippen LogP contribution >= 0.6 is 35.3 Å². The molecule has 0 bridgehead atoms. The van der Waals surface area contributed by atoms with Crippen LogP contribution in [0.5, 0.6) is 0 Å². The first kappa shape index (κ1) is 18.5. The number of hydrogen-bond donors (Lipinski definition) is 2. The van der Waals surface area contributed by atoms with E-state index in [1.54, 1.807) is 18.4 Å². The van der Waals surface area contributed by atoms with Gasteiger partial charge in [0.2, 0.25) is 0 Å². The molecule has 0 radical (unpaired) electrons. The number of halogens is 1. The Morgan fingerprint density at radius 3 is 2.76 bits per heavy atom. The summed E-state index contributed by atoms with van der Waals surface area (Å²) in [6, 6.07) is 0.391. The van der Waals surface area contributed by atoms with Crippen LogP contribution in [0.3, 0.4) is 0 Å². The molecule has 0 unspecified atom stereocenters. The molecule has 0 spiro atoms. The van der Waals surface area contributed by atoms with E-state index in [-0.39, 0.29) is 24.0 Å². The third-order valence-electron chi connectivity index (χ3n) is 3.24. The Hall–Kier alpha value is -0.570. The number of anilines is 1. The third-order valence-corrected chi connectivity index (χ3v) is 4.19. The first-order valence-corrected chi connectivity index (χ1v) is 8.23. The van der Waals surface area contributed by atoms with E-state index in [9.17, 15) is 0 Å². The van der Waals surface area contributed by atoms with Crippen molar-refractivity contribution in [2.45, 2.75) is 39.2 Å². The van der Waals surface area contributed by atoms with E-state index in [1.165, 1.54) is 23.7 Å². The van der Waals surface area contributed by atoms with Crippen LogP contribution in [0.1, 0.15) is 32.4 Å². The molecular weight excluding hydrogens is 397 g/mol. The van der Waals surface area contributed by atoms with E-state index >= 15 is 0 Å². The zero-order chi connectivity index (χ0) is 14.4. The summed E-state index contributed by atoms with van der Waals surface area (Å²) in [5.41, 5.74) is 1.17. The van der Waals surface area contributed by atoms with E-state index in [2.05, 4.69) is 39.8 Å². The Morgan fingerprint density at radius 2 is 2.14 bits per heavy atom. The molecule has 1 aromatic heterocycles. The summed E-state index contributed by atoms with van der Waals surface area (Å²) < 4.78 is 0. The molecule has 0 amide bonds. The van der Waals surface area contributed by atoms with E-state index < -0.39 is 0 Å². The molecule has 120 valence electrons. The van der Waals surface area contributed by atoms with Crippen molar-refractivity contribution in [2.75, 3.05) is 31.6 Å². The van der Waals surface area contributed by atoms with Gasteiger partial charge < -0.3 is 15.5 Å². The number of hydrogen-bond acceptors (Lipinski definition) is 4. The lowest BCUT2D eigenvalue weighted by Gasteiger charge is -2.14. The summed E-state index contributed by atoms with van der Waals surface area (Å²) in [6.07, 6.45) is 3.53. The maximum atomic E-state index is 4.72. The molecule has 21 heavy (non-hydrogen) atoms. The summed E-state index contributed by atoms with van der Waals surface area (Å²) in [5.74, 6) is 0.856. The lowest BCUT2D eigenvalue weighted by Crippen LogP contribution is -2.41. The highest BCUT2D eigenvalue weighted by Crippen LogP contribution is 2.24. The lowest BCUT2D eigenvalue weighted by molar-refractivity contribution is 0.696. The summed E-state index contributed by atoms with van der Waals surface area (Å²) in [4.78, 5) is 11.3. The van der Waals surface area contributed by atoms with Crippen molar-refractivity contribution in [2.24, 2.45) is 4.99 Å². The van der Waals surface area contributed by atoms with Gasteiger partial charge in [0.25, 0.3) is 0 Å². The molecule has 0 aromatic carbocycles. The fourth-order valence-electron chi connectivity index (χ4n) is 2.24. The largest absolute Gasteiger partial charge is 0.356 e. The van der Waals surface area contributed by atoms with Crippen LogP contribution in [0.2, 0.25) is 0 Å². The number of nitrogens with zero attached hydrogens (tertiary/aromatic N) is 3. The number of guanidine groups is 1. The van der Waals surface area contributed by atoms with Crippen LogP contribution in [0.25, 0.3) is 0 Å². The van der Waals surface area contributed by atoms with Crippen molar-refractivity contribution < 1.29 is 0 Å². The van der Waals surface area contributed by atoms with Crippen molar-refractivity contribution in [3.63, 3.8) is 0 Å². The van der Waals surface area contributed by atoms with Gasteiger partial charge in [0.1, 0.15) is 0 Å². The molecule has 5 nitrogen and oxygen atoms in total. The summed E-state index contributed by atoms with van der Waals surface area (Å²) in [7, 11) is 1.80. The highest BCUT2D eigenvalue weighted by molar-refractivity contribution is 14.0. The maximum absolute atomic E-state index is 4.72. The number of nitrogens with one attached hydrogen (secondary N) is 2. The van der Waals surface area contributed by atoms with Crippen LogP contribution in [-0.2, 0) is 6.42 Å². The quantitative estimate of drug-likeness (QED) is 0.434. The molecule has 7 heteroatoms. The molecule has 2 rings (SSSR count). The van der Waals surface area contributed by atoms with Gasteiger partial charge in [-0.1, -0.05) is 0 Å². The Bertz CT molecular complexity index is 440. The number of rotatable bonds is 5. The van der Waals surface area contributed by atoms with Crippen LogP contribution in [-0.4, -0.2) is 43.7 Å². The minimum Gasteiger partial charge on any atom is -0.356 e. The predicted molar refractivity (Wildman–Crippen MR) is 102 cm³/mol. The summed E-state index contributed by atoms with van der Waals surface area (Å²) in [6.45, 7) is 7.40. The second-order valence-corrected chi connectivity index (χ2v) is 6.20. The molecule has 1 aliphatic rings. The minimum atomic E-state index is 0. The zero-order valence-corrected chi connectivity index (χ0v) is 16.2. The SMILES string of the molecule is CN=C(NCCc1csc(N2CCCC2)n1)NC(C)C.I. The molecule has 1 aromatic rings. The zero-order valence-electron chi connectivity index (χ0n) is 13.1.